The normalized spacial score (nSPS) is 10.7. The third kappa shape index (κ3) is 4.94. The molecule has 0 saturated carbocycles. The van der Waals surface area contributed by atoms with E-state index in [2.05, 4.69) is 26.3 Å². The number of carbonyl (C=O) groups is 1. The SMILES string of the molecule is CCn1ncc(Br)c1CNC(=O)c1ccc(COc2ccc(Cl)c(C)c2)cc1. The van der Waals surface area contributed by atoms with Crippen LogP contribution < -0.4 is 10.1 Å². The standard InChI is InChI=1S/C21H21BrClN3O2/c1-3-26-20(18(22)11-25-26)12-24-21(27)16-6-4-15(5-7-16)13-28-17-8-9-19(23)14(2)10-17/h4-11H,3,12-13H2,1-2H3,(H,24,27). The van der Waals surface area contributed by atoms with Gasteiger partial charge in [0.05, 0.1) is 22.9 Å². The average Bonchev–Trinajstić information content (AvgIpc) is 3.07. The summed E-state index contributed by atoms with van der Waals surface area (Å²) in [5, 5.41) is 7.90. The lowest BCUT2D eigenvalue weighted by Crippen LogP contribution is -2.24. The lowest BCUT2D eigenvalue weighted by molar-refractivity contribution is 0.0949. The fraction of sp³-hybridized carbons (Fsp3) is 0.238. The first-order valence-electron chi connectivity index (χ1n) is 8.94. The van der Waals surface area contributed by atoms with Crippen molar-refractivity contribution in [3.63, 3.8) is 0 Å². The number of amides is 1. The molecule has 0 unspecified atom stereocenters. The summed E-state index contributed by atoms with van der Waals surface area (Å²) in [4.78, 5) is 12.4. The van der Waals surface area contributed by atoms with Gasteiger partial charge in [0, 0.05) is 17.1 Å². The molecule has 0 saturated heterocycles. The van der Waals surface area contributed by atoms with Crippen LogP contribution in [-0.2, 0) is 19.7 Å². The van der Waals surface area contributed by atoms with E-state index in [1.807, 2.05) is 48.9 Å². The second-order valence-corrected chi connectivity index (χ2v) is 7.60. The van der Waals surface area contributed by atoms with Crippen LogP contribution in [0.3, 0.4) is 0 Å². The molecular formula is C21H21BrClN3O2. The maximum Gasteiger partial charge on any atom is 0.251 e. The highest BCUT2D eigenvalue weighted by Gasteiger charge is 2.11. The van der Waals surface area contributed by atoms with Crippen molar-refractivity contribution in [2.75, 3.05) is 0 Å². The van der Waals surface area contributed by atoms with E-state index in [1.54, 1.807) is 18.3 Å². The van der Waals surface area contributed by atoms with Crippen LogP contribution in [0.1, 0.15) is 34.1 Å². The Labute approximate surface area is 177 Å². The molecule has 0 aliphatic rings. The highest BCUT2D eigenvalue weighted by atomic mass is 79.9. The number of halogens is 2. The molecular weight excluding hydrogens is 442 g/mol. The Bertz CT molecular complexity index is 970. The van der Waals surface area contributed by atoms with Gasteiger partial charge in [0.15, 0.2) is 0 Å². The van der Waals surface area contributed by atoms with E-state index in [-0.39, 0.29) is 5.91 Å². The zero-order valence-electron chi connectivity index (χ0n) is 15.7. The lowest BCUT2D eigenvalue weighted by atomic mass is 10.1. The molecule has 0 aliphatic heterocycles. The van der Waals surface area contributed by atoms with Gasteiger partial charge in [-0.05, 0) is 71.2 Å². The zero-order valence-corrected chi connectivity index (χ0v) is 18.0. The van der Waals surface area contributed by atoms with E-state index in [1.165, 1.54) is 0 Å². The topological polar surface area (TPSA) is 56.2 Å². The molecule has 0 spiro atoms. The first kappa shape index (κ1) is 20.4. The van der Waals surface area contributed by atoms with E-state index in [4.69, 9.17) is 16.3 Å². The van der Waals surface area contributed by atoms with Gasteiger partial charge in [-0.3, -0.25) is 9.48 Å². The highest BCUT2D eigenvalue weighted by Crippen LogP contribution is 2.22. The van der Waals surface area contributed by atoms with Crippen molar-refractivity contribution in [2.45, 2.75) is 33.5 Å². The summed E-state index contributed by atoms with van der Waals surface area (Å²) in [5.41, 5.74) is 3.50. The fourth-order valence-corrected chi connectivity index (χ4v) is 3.28. The predicted molar refractivity (Wildman–Crippen MR) is 114 cm³/mol. The Morgan fingerprint density at radius 1 is 1.25 bits per heavy atom. The van der Waals surface area contributed by atoms with Gasteiger partial charge in [0.2, 0.25) is 0 Å². The first-order chi connectivity index (χ1) is 13.5. The monoisotopic (exact) mass is 461 g/mol. The average molecular weight is 463 g/mol. The van der Waals surface area contributed by atoms with Crippen molar-refractivity contribution in [1.82, 2.24) is 15.1 Å². The number of hydrogen-bond acceptors (Lipinski definition) is 3. The van der Waals surface area contributed by atoms with Gasteiger partial charge in [-0.15, -0.1) is 0 Å². The van der Waals surface area contributed by atoms with Crippen molar-refractivity contribution in [3.05, 3.63) is 80.5 Å². The molecule has 7 heteroatoms. The maximum absolute atomic E-state index is 12.4. The van der Waals surface area contributed by atoms with Crippen molar-refractivity contribution >= 4 is 33.4 Å². The predicted octanol–water partition coefficient (Wildman–Crippen LogP) is 5.14. The molecule has 0 bridgehead atoms. The summed E-state index contributed by atoms with van der Waals surface area (Å²) in [6.45, 7) is 5.53. The van der Waals surface area contributed by atoms with Crippen molar-refractivity contribution in [1.29, 1.82) is 0 Å². The van der Waals surface area contributed by atoms with E-state index < -0.39 is 0 Å². The number of aryl methyl sites for hydroxylation is 2. The zero-order chi connectivity index (χ0) is 20.1. The Morgan fingerprint density at radius 2 is 2.00 bits per heavy atom. The lowest BCUT2D eigenvalue weighted by Gasteiger charge is -2.10. The van der Waals surface area contributed by atoms with Gasteiger partial charge in [-0.25, -0.2) is 0 Å². The number of nitrogens with one attached hydrogen (secondary N) is 1. The molecule has 28 heavy (non-hydrogen) atoms. The molecule has 3 rings (SSSR count). The largest absolute Gasteiger partial charge is 0.489 e. The summed E-state index contributed by atoms with van der Waals surface area (Å²) in [6, 6.07) is 13.0. The summed E-state index contributed by atoms with van der Waals surface area (Å²) < 4.78 is 8.53. The maximum atomic E-state index is 12.4. The number of benzene rings is 2. The van der Waals surface area contributed by atoms with Crippen molar-refractivity contribution < 1.29 is 9.53 Å². The van der Waals surface area contributed by atoms with Crippen molar-refractivity contribution in [2.24, 2.45) is 0 Å². The Morgan fingerprint density at radius 3 is 2.68 bits per heavy atom. The number of rotatable bonds is 7. The van der Waals surface area contributed by atoms with E-state index in [0.717, 1.165) is 38.6 Å². The summed E-state index contributed by atoms with van der Waals surface area (Å²) in [7, 11) is 0. The molecule has 0 radical (unpaired) electrons. The van der Waals surface area contributed by atoms with Crippen LogP contribution in [0, 0.1) is 6.92 Å². The molecule has 3 aromatic rings. The van der Waals surface area contributed by atoms with Crippen LogP contribution in [0.25, 0.3) is 0 Å². The molecule has 1 heterocycles. The van der Waals surface area contributed by atoms with Gasteiger partial charge in [0.1, 0.15) is 12.4 Å². The van der Waals surface area contributed by atoms with E-state index in [0.29, 0.717) is 18.7 Å². The highest BCUT2D eigenvalue weighted by molar-refractivity contribution is 9.10. The van der Waals surface area contributed by atoms with E-state index in [9.17, 15) is 4.79 Å². The van der Waals surface area contributed by atoms with Crippen LogP contribution in [0.2, 0.25) is 5.02 Å². The quantitative estimate of drug-likeness (QED) is 0.529. The third-order valence-electron chi connectivity index (χ3n) is 4.36. The molecule has 0 atom stereocenters. The first-order valence-corrected chi connectivity index (χ1v) is 10.1. The molecule has 1 amide bonds. The Balaban J connectivity index is 1.56. The molecule has 5 nitrogen and oxygen atoms in total. The van der Waals surface area contributed by atoms with Gasteiger partial charge in [-0.2, -0.15) is 5.10 Å². The molecule has 146 valence electrons. The van der Waals surface area contributed by atoms with Crippen LogP contribution >= 0.6 is 27.5 Å². The summed E-state index contributed by atoms with van der Waals surface area (Å²) in [5.74, 6) is 0.637. The van der Waals surface area contributed by atoms with Crippen molar-refractivity contribution in [3.8, 4) is 5.75 Å². The fourth-order valence-electron chi connectivity index (χ4n) is 2.73. The molecule has 2 aromatic carbocycles. The minimum Gasteiger partial charge on any atom is -0.489 e. The molecule has 0 fully saturated rings. The molecule has 1 aromatic heterocycles. The van der Waals surface area contributed by atoms with Crippen LogP contribution in [-0.4, -0.2) is 15.7 Å². The number of aromatic nitrogens is 2. The number of nitrogens with zero attached hydrogens (tertiary/aromatic N) is 2. The Hall–Kier alpha value is -2.31. The summed E-state index contributed by atoms with van der Waals surface area (Å²) in [6.07, 6.45) is 1.74. The molecule has 1 N–H and O–H groups in total. The van der Waals surface area contributed by atoms with E-state index >= 15 is 0 Å². The Kier molecular flexibility index (Phi) is 6.75. The second-order valence-electron chi connectivity index (χ2n) is 6.33. The number of hydrogen-bond donors (Lipinski definition) is 1. The van der Waals surface area contributed by atoms with Gasteiger partial charge in [0.25, 0.3) is 5.91 Å². The van der Waals surface area contributed by atoms with Crippen LogP contribution in [0.4, 0.5) is 0 Å². The van der Waals surface area contributed by atoms with Gasteiger partial charge < -0.3 is 10.1 Å². The van der Waals surface area contributed by atoms with Gasteiger partial charge in [-0.1, -0.05) is 23.7 Å². The number of ether oxygens (including phenoxy) is 1. The van der Waals surface area contributed by atoms with Gasteiger partial charge >= 0.3 is 0 Å². The second kappa shape index (κ2) is 9.26. The number of carbonyl (C=O) groups excluding carboxylic acids is 1. The minimum absolute atomic E-state index is 0.128. The van der Waals surface area contributed by atoms with Crippen LogP contribution in [0.15, 0.2) is 53.1 Å². The molecule has 0 aliphatic carbocycles. The van der Waals surface area contributed by atoms with Crippen LogP contribution in [0.5, 0.6) is 5.75 Å². The smallest absolute Gasteiger partial charge is 0.251 e. The third-order valence-corrected chi connectivity index (χ3v) is 5.45. The summed E-state index contributed by atoms with van der Waals surface area (Å²) >= 11 is 9.49. The minimum atomic E-state index is -0.128.